The van der Waals surface area contributed by atoms with Gasteiger partial charge in [0.25, 0.3) is 0 Å². The predicted molar refractivity (Wildman–Crippen MR) is 73.5 cm³/mol. The van der Waals surface area contributed by atoms with Crippen molar-refractivity contribution in [3.63, 3.8) is 0 Å². The molecule has 1 aromatic heterocycles. The molecular formula is C14H22N2S. The number of thiophene rings is 1. The molecule has 3 rings (SSSR count). The molecule has 0 aromatic carbocycles. The standard InChI is InChI=1S/C14H22N2S/c1-10-5-13(11(2)17-10)8-16-4-3-12-6-15-7-14(12)9-16/h5,12,14-15H,3-4,6-9H2,1-2H3. The highest BCUT2D eigenvalue weighted by Crippen LogP contribution is 2.29. The summed E-state index contributed by atoms with van der Waals surface area (Å²) in [6, 6.07) is 2.37. The molecule has 0 saturated carbocycles. The minimum Gasteiger partial charge on any atom is -0.316 e. The van der Waals surface area contributed by atoms with Gasteiger partial charge in [-0.3, -0.25) is 4.90 Å². The number of aryl methyl sites for hydroxylation is 2. The molecule has 2 fully saturated rings. The highest BCUT2D eigenvalue weighted by molar-refractivity contribution is 7.12. The summed E-state index contributed by atoms with van der Waals surface area (Å²) in [6.07, 6.45) is 1.39. The van der Waals surface area contributed by atoms with E-state index in [-0.39, 0.29) is 0 Å². The zero-order valence-corrected chi connectivity index (χ0v) is 11.6. The molecule has 3 heterocycles. The van der Waals surface area contributed by atoms with E-state index in [0.717, 1.165) is 11.8 Å². The number of fused-ring (bicyclic) bond motifs is 1. The molecule has 0 amide bonds. The monoisotopic (exact) mass is 250 g/mol. The lowest BCUT2D eigenvalue weighted by atomic mass is 9.88. The predicted octanol–water partition coefficient (Wildman–Crippen LogP) is 2.41. The van der Waals surface area contributed by atoms with Gasteiger partial charge in [-0.2, -0.15) is 0 Å². The van der Waals surface area contributed by atoms with Crippen molar-refractivity contribution >= 4 is 11.3 Å². The van der Waals surface area contributed by atoms with E-state index in [0.29, 0.717) is 0 Å². The van der Waals surface area contributed by atoms with Crippen molar-refractivity contribution in [1.82, 2.24) is 10.2 Å². The van der Waals surface area contributed by atoms with Crippen molar-refractivity contribution in [2.75, 3.05) is 26.2 Å². The summed E-state index contributed by atoms with van der Waals surface area (Å²) in [5.41, 5.74) is 1.55. The third-order valence-electron chi connectivity index (χ3n) is 4.33. The first-order valence-electron chi connectivity index (χ1n) is 6.71. The van der Waals surface area contributed by atoms with Crippen molar-refractivity contribution < 1.29 is 0 Å². The molecule has 0 aliphatic carbocycles. The van der Waals surface area contributed by atoms with Crippen LogP contribution in [0, 0.1) is 25.7 Å². The SMILES string of the molecule is Cc1cc(CN2CCC3CNCC3C2)c(C)s1. The fourth-order valence-electron chi connectivity index (χ4n) is 3.34. The summed E-state index contributed by atoms with van der Waals surface area (Å²) >= 11 is 1.94. The number of rotatable bonds is 2. The number of hydrogen-bond acceptors (Lipinski definition) is 3. The molecule has 0 bridgehead atoms. The molecule has 2 aliphatic heterocycles. The average Bonchev–Trinajstić information content (AvgIpc) is 2.85. The Bertz CT molecular complexity index is 399. The van der Waals surface area contributed by atoms with E-state index in [9.17, 15) is 0 Å². The first kappa shape index (κ1) is 11.7. The van der Waals surface area contributed by atoms with Gasteiger partial charge in [0.2, 0.25) is 0 Å². The van der Waals surface area contributed by atoms with E-state index >= 15 is 0 Å². The van der Waals surface area contributed by atoms with E-state index in [2.05, 4.69) is 30.1 Å². The van der Waals surface area contributed by atoms with Gasteiger partial charge in [0.15, 0.2) is 0 Å². The second-order valence-electron chi connectivity index (χ2n) is 5.64. The summed E-state index contributed by atoms with van der Waals surface area (Å²) in [5.74, 6) is 1.86. The van der Waals surface area contributed by atoms with Crippen molar-refractivity contribution in [3.8, 4) is 0 Å². The molecule has 2 nitrogen and oxygen atoms in total. The summed E-state index contributed by atoms with van der Waals surface area (Å²) in [5, 5.41) is 3.54. The van der Waals surface area contributed by atoms with E-state index in [1.165, 1.54) is 48.9 Å². The van der Waals surface area contributed by atoms with Crippen molar-refractivity contribution in [3.05, 3.63) is 21.4 Å². The van der Waals surface area contributed by atoms with Crippen molar-refractivity contribution in [2.24, 2.45) is 11.8 Å². The average molecular weight is 250 g/mol. The second kappa shape index (κ2) is 4.71. The maximum Gasteiger partial charge on any atom is 0.0244 e. The van der Waals surface area contributed by atoms with Gasteiger partial charge in [0, 0.05) is 22.8 Å². The summed E-state index contributed by atoms with van der Waals surface area (Å²) in [4.78, 5) is 5.62. The Hall–Kier alpha value is -0.380. The molecule has 2 aliphatic rings. The number of nitrogens with one attached hydrogen (secondary N) is 1. The number of hydrogen-bond donors (Lipinski definition) is 1. The highest BCUT2D eigenvalue weighted by Gasteiger charge is 2.32. The van der Waals surface area contributed by atoms with Crippen molar-refractivity contribution in [1.29, 1.82) is 0 Å². The Morgan fingerprint density at radius 1 is 1.35 bits per heavy atom. The van der Waals surface area contributed by atoms with Gasteiger partial charge < -0.3 is 5.32 Å². The van der Waals surface area contributed by atoms with Crippen LogP contribution in [0.4, 0.5) is 0 Å². The molecule has 0 spiro atoms. The highest BCUT2D eigenvalue weighted by atomic mass is 32.1. The van der Waals surface area contributed by atoms with Gasteiger partial charge in [-0.25, -0.2) is 0 Å². The van der Waals surface area contributed by atoms with Crippen LogP contribution >= 0.6 is 11.3 Å². The van der Waals surface area contributed by atoms with Crippen LogP contribution in [0.5, 0.6) is 0 Å². The molecular weight excluding hydrogens is 228 g/mol. The lowest BCUT2D eigenvalue weighted by Gasteiger charge is -2.34. The van der Waals surface area contributed by atoms with E-state index in [1.807, 2.05) is 11.3 Å². The Balaban J connectivity index is 1.64. The van der Waals surface area contributed by atoms with Gasteiger partial charge in [-0.15, -0.1) is 11.3 Å². The quantitative estimate of drug-likeness (QED) is 0.867. The summed E-state index contributed by atoms with van der Waals surface area (Å²) in [6.45, 7) is 10.7. The van der Waals surface area contributed by atoms with Crippen LogP contribution in [0.1, 0.15) is 21.7 Å². The summed E-state index contributed by atoms with van der Waals surface area (Å²) in [7, 11) is 0. The smallest absolute Gasteiger partial charge is 0.0244 e. The van der Waals surface area contributed by atoms with Crippen LogP contribution in [-0.4, -0.2) is 31.1 Å². The zero-order chi connectivity index (χ0) is 11.8. The topological polar surface area (TPSA) is 15.3 Å². The fourth-order valence-corrected chi connectivity index (χ4v) is 4.27. The lowest BCUT2D eigenvalue weighted by Crippen LogP contribution is -2.39. The Labute approximate surface area is 108 Å². The van der Waals surface area contributed by atoms with E-state index in [4.69, 9.17) is 0 Å². The molecule has 1 N–H and O–H groups in total. The van der Waals surface area contributed by atoms with Crippen LogP contribution in [0.2, 0.25) is 0 Å². The molecule has 94 valence electrons. The first-order valence-corrected chi connectivity index (χ1v) is 7.53. The van der Waals surface area contributed by atoms with E-state index < -0.39 is 0 Å². The number of piperidine rings is 1. The molecule has 2 saturated heterocycles. The third-order valence-corrected chi connectivity index (χ3v) is 5.33. The molecule has 2 unspecified atom stereocenters. The fraction of sp³-hybridized carbons (Fsp3) is 0.714. The van der Waals surface area contributed by atoms with Crippen molar-refractivity contribution in [2.45, 2.75) is 26.8 Å². The van der Waals surface area contributed by atoms with Crippen LogP contribution < -0.4 is 5.32 Å². The second-order valence-corrected chi connectivity index (χ2v) is 7.10. The molecule has 17 heavy (non-hydrogen) atoms. The van der Waals surface area contributed by atoms with Crippen LogP contribution in [0.3, 0.4) is 0 Å². The van der Waals surface area contributed by atoms with Gasteiger partial charge in [0.1, 0.15) is 0 Å². The third kappa shape index (κ3) is 2.42. The molecule has 2 atom stereocenters. The van der Waals surface area contributed by atoms with Gasteiger partial charge in [-0.1, -0.05) is 0 Å². The molecule has 1 aromatic rings. The maximum atomic E-state index is 3.54. The van der Waals surface area contributed by atoms with Crippen LogP contribution in [0.15, 0.2) is 6.07 Å². The minimum absolute atomic E-state index is 0.906. The van der Waals surface area contributed by atoms with Gasteiger partial charge in [-0.05, 0) is 63.4 Å². The maximum absolute atomic E-state index is 3.54. The molecule has 3 heteroatoms. The normalized spacial score (nSPS) is 29.5. The van der Waals surface area contributed by atoms with Crippen LogP contribution in [-0.2, 0) is 6.54 Å². The summed E-state index contributed by atoms with van der Waals surface area (Å²) < 4.78 is 0. The van der Waals surface area contributed by atoms with Gasteiger partial charge >= 0.3 is 0 Å². The Morgan fingerprint density at radius 3 is 2.94 bits per heavy atom. The number of nitrogens with zero attached hydrogens (tertiary/aromatic N) is 1. The Kier molecular flexibility index (Phi) is 3.24. The van der Waals surface area contributed by atoms with Gasteiger partial charge in [0.05, 0.1) is 0 Å². The zero-order valence-electron chi connectivity index (χ0n) is 10.8. The lowest BCUT2D eigenvalue weighted by molar-refractivity contribution is 0.142. The Morgan fingerprint density at radius 2 is 2.18 bits per heavy atom. The van der Waals surface area contributed by atoms with Crippen LogP contribution in [0.25, 0.3) is 0 Å². The largest absolute Gasteiger partial charge is 0.316 e. The number of likely N-dealkylation sites (tertiary alicyclic amines) is 1. The first-order chi connectivity index (χ1) is 8.22. The van der Waals surface area contributed by atoms with E-state index in [1.54, 1.807) is 5.56 Å². The molecule has 0 radical (unpaired) electrons. The minimum atomic E-state index is 0.906.